The Morgan fingerprint density at radius 2 is 2.64 bits per heavy atom. The molecule has 3 nitrogen and oxygen atoms in total. The quantitative estimate of drug-likeness (QED) is 0.727. The van der Waals surface area contributed by atoms with Gasteiger partial charge in [0.15, 0.2) is 4.34 Å². The summed E-state index contributed by atoms with van der Waals surface area (Å²) in [5, 5.41) is 8.17. The summed E-state index contributed by atoms with van der Waals surface area (Å²) in [6.07, 6.45) is 1.08. The lowest BCUT2D eigenvalue weighted by molar-refractivity contribution is 0.824. The van der Waals surface area contributed by atoms with Crippen LogP contribution in [-0.4, -0.2) is 22.0 Å². The van der Waals surface area contributed by atoms with Crippen LogP contribution in [0.1, 0.15) is 13.3 Å². The maximum Gasteiger partial charge on any atom is 0.174 e. The first-order chi connectivity index (χ1) is 5.36. The monoisotopic (exact) mass is 189 g/mol. The highest BCUT2D eigenvalue weighted by Crippen LogP contribution is 2.25. The predicted octanol–water partition coefficient (Wildman–Crippen LogP) is 1.37. The predicted molar refractivity (Wildman–Crippen MR) is 48.9 cm³/mol. The molecule has 2 N–H and O–H groups in total. The first-order valence-corrected chi connectivity index (χ1v) is 5.25. The molecule has 0 saturated heterocycles. The van der Waals surface area contributed by atoms with Gasteiger partial charge in [-0.1, -0.05) is 30.0 Å². The first kappa shape index (κ1) is 8.96. The number of rotatable bonds is 4. The van der Waals surface area contributed by atoms with Crippen molar-refractivity contribution < 1.29 is 0 Å². The number of thioether (sulfide) groups is 1. The zero-order valence-corrected chi connectivity index (χ0v) is 7.99. The van der Waals surface area contributed by atoms with Crippen molar-refractivity contribution in [1.82, 2.24) is 10.2 Å². The fourth-order valence-electron chi connectivity index (χ4n) is 0.655. The zero-order valence-electron chi connectivity index (χ0n) is 6.36. The van der Waals surface area contributed by atoms with Crippen LogP contribution in [0.5, 0.6) is 0 Å². The minimum absolute atomic E-state index is 0.489. The molecule has 0 aliphatic rings. The van der Waals surface area contributed by atoms with Crippen molar-refractivity contribution in [2.45, 2.75) is 22.9 Å². The van der Waals surface area contributed by atoms with Crippen LogP contribution in [-0.2, 0) is 0 Å². The van der Waals surface area contributed by atoms with Crippen molar-refractivity contribution >= 4 is 23.1 Å². The van der Waals surface area contributed by atoms with E-state index in [4.69, 9.17) is 5.73 Å². The Bertz CT molecular complexity index is 184. The number of nitrogens with zero attached hydrogens (tertiary/aromatic N) is 2. The molecule has 62 valence electrons. The second kappa shape index (κ2) is 4.69. The molecule has 1 aromatic heterocycles. The summed E-state index contributed by atoms with van der Waals surface area (Å²) in [6, 6.07) is 0. The summed E-state index contributed by atoms with van der Waals surface area (Å²) in [4.78, 5) is 0. The third-order valence-corrected chi connectivity index (χ3v) is 3.53. The molecule has 0 aliphatic heterocycles. The second-order valence-electron chi connectivity index (χ2n) is 2.09. The average Bonchev–Trinajstić information content (AvgIpc) is 2.52. The van der Waals surface area contributed by atoms with E-state index in [9.17, 15) is 0 Å². The summed E-state index contributed by atoms with van der Waals surface area (Å²) < 4.78 is 1.02. The van der Waals surface area contributed by atoms with E-state index in [2.05, 4.69) is 17.1 Å². The largest absolute Gasteiger partial charge is 0.329 e. The molecule has 1 rings (SSSR count). The third-order valence-electron chi connectivity index (χ3n) is 1.33. The smallest absolute Gasteiger partial charge is 0.174 e. The van der Waals surface area contributed by atoms with Gasteiger partial charge in [-0.05, 0) is 6.42 Å². The summed E-state index contributed by atoms with van der Waals surface area (Å²) in [5.74, 6) is 0. The van der Waals surface area contributed by atoms with Crippen molar-refractivity contribution in [3.8, 4) is 0 Å². The zero-order chi connectivity index (χ0) is 8.10. The summed E-state index contributed by atoms with van der Waals surface area (Å²) >= 11 is 3.28. The minimum atomic E-state index is 0.489. The SMILES string of the molecule is CCC(CN)Sc1nncs1. The number of hydrogen-bond donors (Lipinski definition) is 1. The van der Waals surface area contributed by atoms with Crippen LogP contribution < -0.4 is 5.73 Å². The molecule has 0 radical (unpaired) electrons. The molecule has 1 heterocycles. The van der Waals surface area contributed by atoms with Crippen molar-refractivity contribution in [2.24, 2.45) is 5.73 Å². The lowest BCUT2D eigenvalue weighted by atomic mass is 10.3. The van der Waals surface area contributed by atoms with Crippen LogP contribution in [0.2, 0.25) is 0 Å². The van der Waals surface area contributed by atoms with Gasteiger partial charge < -0.3 is 5.73 Å². The van der Waals surface area contributed by atoms with E-state index in [1.807, 2.05) is 0 Å². The van der Waals surface area contributed by atoms with E-state index in [0.717, 1.165) is 10.8 Å². The Morgan fingerprint density at radius 1 is 1.82 bits per heavy atom. The Kier molecular flexibility index (Phi) is 3.82. The molecule has 5 heteroatoms. The summed E-state index contributed by atoms with van der Waals surface area (Å²) in [6.45, 7) is 2.84. The van der Waals surface area contributed by atoms with Crippen molar-refractivity contribution in [1.29, 1.82) is 0 Å². The lowest BCUT2D eigenvalue weighted by Crippen LogP contribution is -2.15. The maximum absolute atomic E-state index is 5.54. The fraction of sp³-hybridized carbons (Fsp3) is 0.667. The van der Waals surface area contributed by atoms with Gasteiger partial charge in [-0.15, -0.1) is 10.2 Å². The molecule has 0 aromatic carbocycles. The molecule has 0 bridgehead atoms. The Hall–Kier alpha value is -0.130. The van der Waals surface area contributed by atoms with Crippen LogP contribution in [0.15, 0.2) is 9.85 Å². The van der Waals surface area contributed by atoms with E-state index in [0.29, 0.717) is 11.8 Å². The highest BCUT2D eigenvalue weighted by molar-refractivity contribution is 8.01. The first-order valence-electron chi connectivity index (χ1n) is 3.49. The van der Waals surface area contributed by atoms with Crippen LogP contribution in [0.25, 0.3) is 0 Å². The standard InChI is InChI=1S/C6H11N3S2/c1-2-5(3-7)11-6-9-8-4-10-6/h4-5H,2-3,7H2,1H3. The minimum Gasteiger partial charge on any atom is -0.329 e. The van der Waals surface area contributed by atoms with Gasteiger partial charge in [0.05, 0.1) is 0 Å². The molecule has 0 amide bonds. The molecule has 0 spiro atoms. The van der Waals surface area contributed by atoms with Crippen molar-refractivity contribution in [2.75, 3.05) is 6.54 Å². The second-order valence-corrected chi connectivity index (χ2v) is 4.47. The molecule has 0 fully saturated rings. The highest BCUT2D eigenvalue weighted by Gasteiger charge is 2.07. The van der Waals surface area contributed by atoms with Crippen LogP contribution in [0.4, 0.5) is 0 Å². The van der Waals surface area contributed by atoms with Crippen LogP contribution >= 0.6 is 23.1 Å². The summed E-state index contributed by atoms with van der Waals surface area (Å²) in [7, 11) is 0. The van der Waals surface area contributed by atoms with Crippen LogP contribution in [0.3, 0.4) is 0 Å². The highest BCUT2D eigenvalue weighted by atomic mass is 32.2. The Labute approximate surface area is 74.4 Å². The van der Waals surface area contributed by atoms with Gasteiger partial charge in [-0.25, -0.2) is 0 Å². The molecular formula is C6H11N3S2. The normalized spacial score (nSPS) is 13.3. The van der Waals surface area contributed by atoms with Crippen molar-refractivity contribution in [3.63, 3.8) is 0 Å². The molecule has 0 saturated carbocycles. The number of nitrogens with two attached hydrogens (primary N) is 1. The molecule has 11 heavy (non-hydrogen) atoms. The van der Waals surface area contributed by atoms with Crippen molar-refractivity contribution in [3.05, 3.63) is 5.51 Å². The lowest BCUT2D eigenvalue weighted by Gasteiger charge is -2.07. The maximum atomic E-state index is 5.54. The topological polar surface area (TPSA) is 51.8 Å². The van der Waals surface area contributed by atoms with Gasteiger partial charge in [0.2, 0.25) is 0 Å². The van der Waals surface area contributed by atoms with Gasteiger partial charge in [0.1, 0.15) is 5.51 Å². The Morgan fingerprint density at radius 3 is 3.09 bits per heavy atom. The van der Waals surface area contributed by atoms with Gasteiger partial charge in [-0.2, -0.15) is 0 Å². The number of aromatic nitrogens is 2. The average molecular weight is 189 g/mol. The molecule has 1 aromatic rings. The van der Waals surface area contributed by atoms with Gasteiger partial charge >= 0.3 is 0 Å². The van der Waals surface area contributed by atoms with E-state index in [1.165, 1.54) is 0 Å². The van der Waals surface area contributed by atoms with Crippen LogP contribution in [0, 0.1) is 0 Å². The summed E-state index contributed by atoms with van der Waals surface area (Å²) in [5.41, 5.74) is 7.28. The van der Waals surface area contributed by atoms with E-state index in [-0.39, 0.29) is 0 Å². The van der Waals surface area contributed by atoms with E-state index in [1.54, 1.807) is 28.6 Å². The van der Waals surface area contributed by atoms with Gasteiger partial charge in [0, 0.05) is 11.8 Å². The molecular weight excluding hydrogens is 178 g/mol. The molecule has 0 aliphatic carbocycles. The molecule has 1 atom stereocenters. The Balaban J connectivity index is 2.41. The fourth-order valence-corrected chi connectivity index (χ4v) is 2.34. The molecule has 1 unspecified atom stereocenters. The third kappa shape index (κ3) is 2.76. The van der Waals surface area contributed by atoms with Gasteiger partial charge in [-0.3, -0.25) is 0 Å². The van der Waals surface area contributed by atoms with E-state index >= 15 is 0 Å². The van der Waals surface area contributed by atoms with E-state index < -0.39 is 0 Å². The number of hydrogen-bond acceptors (Lipinski definition) is 5. The van der Waals surface area contributed by atoms with Gasteiger partial charge in [0.25, 0.3) is 0 Å².